The highest BCUT2D eigenvalue weighted by molar-refractivity contribution is 7.80. The van der Waals surface area contributed by atoms with E-state index in [2.05, 4.69) is 27.2 Å². The predicted octanol–water partition coefficient (Wildman–Crippen LogP) is 4.02. The lowest BCUT2D eigenvalue weighted by Gasteiger charge is -2.30. The lowest BCUT2D eigenvalue weighted by atomic mass is 9.95. The molecule has 214 valence electrons. The Hall–Kier alpha value is -5.21. The number of ether oxygens (including phenoxy) is 3. The molecule has 1 heterocycles. The number of hydrogen-bond donors (Lipinski definition) is 3. The second-order valence-corrected chi connectivity index (χ2v) is 9.41. The molecule has 11 heteroatoms. The van der Waals surface area contributed by atoms with E-state index in [1.165, 1.54) is 6.21 Å². The summed E-state index contributed by atoms with van der Waals surface area (Å²) in [6.07, 6.45) is 1.47. The van der Waals surface area contributed by atoms with Crippen molar-refractivity contribution in [1.29, 1.82) is 5.26 Å². The first-order chi connectivity index (χ1) is 20.4. The Kier molecular flexibility index (Phi) is 10.2. The molecule has 0 unspecified atom stereocenters. The highest BCUT2D eigenvalue weighted by atomic mass is 32.1. The molecule has 1 aliphatic rings. The molecule has 0 bridgehead atoms. The summed E-state index contributed by atoms with van der Waals surface area (Å²) >= 11 is 5.31. The number of benzene rings is 3. The van der Waals surface area contributed by atoms with Crippen LogP contribution in [0.2, 0.25) is 0 Å². The molecular weight excluding hydrogens is 554 g/mol. The lowest BCUT2D eigenvalue weighted by molar-refractivity contribution is -0.139. The number of allylic oxidation sites excluding steroid dienone is 1. The van der Waals surface area contributed by atoms with Gasteiger partial charge in [0.15, 0.2) is 11.7 Å². The Morgan fingerprint density at radius 1 is 1.05 bits per heavy atom. The van der Waals surface area contributed by atoms with Gasteiger partial charge in [0.05, 0.1) is 36.1 Å². The third kappa shape index (κ3) is 7.50. The summed E-state index contributed by atoms with van der Waals surface area (Å²) in [5.74, 6) is -0.0390. The van der Waals surface area contributed by atoms with Crippen LogP contribution in [0.1, 0.15) is 42.1 Å². The predicted molar refractivity (Wildman–Crippen MR) is 161 cm³/mol. The minimum Gasteiger partial charge on any atom is -0.488 e. The lowest BCUT2D eigenvalue weighted by Crippen LogP contribution is -2.45. The molecule has 0 aromatic heterocycles. The summed E-state index contributed by atoms with van der Waals surface area (Å²) in [4.78, 5) is 25.3. The minimum absolute atomic E-state index is 0.206. The van der Waals surface area contributed by atoms with Crippen molar-refractivity contribution in [2.24, 2.45) is 5.10 Å². The zero-order valence-electron chi connectivity index (χ0n) is 23.0. The van der Waals surface area contributed by atoms with E-state index in [1.807, 2.05) is 24.3 Å². The maximum Gasteiger partial charge on any atom is 0.338 e. The van der Waals surface area contributed by atoms with E-state index < -0.39 is 17.9 Å². The van der Waals surface area contributed by atoms with Crippen LogP contribution in [0.15, 0.2) is 89.2 Å². The van der Waals surface area contributed by atoms with E-state index in [4.69, 9.17) is 26.4 Å². The number of esters is 1. The number of nitriles is 1. The van der Waals surface area contributed by atoms with E-state index in [0.717, 1.165) is 5.56 Å². The molecule has 42 heavy (non-hydrogen) atoms. The van der Waals surface area contributed by atoms with Crippen LogP contribution in [-0.2, 0) is 20.9 Å². The van der Waals surface area contributed by atoms with Crippen molar-refractivity contribution in [3.8, 4) is 17.6 Å². The fourth-order valence-corrected chi connectivity index (χ4v) is 4.51. The van der Waals surface area contributed by atoms with Gasteiger partial charge in [0, 0.05) is 22.4 Å². The molecule has 10 nitrogen and oxygen atoms in total. The zero-order chi connectivity index (χ0) is 29.9. The number of nitrogens with one attached hydrogen (secondary N) is 3. The number of para-hydroxylation sites is 2. The monoisotopic (exact) mass is 583 g/mol. The number of rotatable bonds is 11. The van der Waals surface area contributed by atoms with Crippen LogP contribution in [0.3, 0.4) is 0 Å². The van der Waals surface area contributed by atoms with Gasteiger partial charge in [0.25, 0.3) is 5.91 Å². The van der Waals surface area contributed by atoms with Crippen LogP contribution >= 0.6 is 12.2 Å². The van der Waals surface area contributed by atoms with Crippen molar-refractivity contribution < 1.29 is 23.8 Å². The van der Waals surface area contributed by atoms with Gasteiger partial charge in [-0.2, -0.15) is 10.4 Å². The number of hydrazone groups is 1. The molecule has 4 rings (SSSR count). The quantitative estimate of drug-likeness (QED) is 0.132. The van der Waals surface area contributed by atoms with Crippen LogP contribution in [0, 0.1) is 11.3 Å². The van der Waals surface area contributed by atoms with Crippen molar-refractivity contribution in [3.63, 3.8) is 0 Å². The average molecular weight is 584 g/mol. The summed E-state index contributed by atoms with van der Waals surface area (Å²) in [5.41, 5.74) is 5.95. The molecule has 0 saturated carbocycles. The Balaban J connectivity index is 1.40. The van der Waals surface area contributed by atoms with Crippen molar-refractivity contribution >= 4 is 35.4 Å². The number of carbonyl (C=O) groups excluding carboxylic acids is 2. The van der Waals surface area contributed by atoms with Crippen LogP contribution < -0.4 is 25.5 Å². The standard InChI is InChI=1S/C31H29N5O5S/c1-3-39-30(38)28-20(2)34-31(42)35-29(28)24-13-7-9-15-26(24)41-19-27(37)36-33-17-22-11-6-8-14-25(22)40-18-23-12-5-4-10-21(23)16-32/h4-15,17,29H,3,18-19H2,1-2H3,(H,36,37)(H2,34,35,42)/t29-/m0/s1. The van der Waals surface area contributed by atoms with Gasteiger partial charge in [0.1, 0.15) is 18.1 Å². The summed E-state index contributed by atoms with van der Waals surface area (Å²) in [6.45, 7) is 3.58. The van der Waals surface area contributed by atoms with Crippen LogP contribution in [0.25, 0.3) is 0 Å². The van der Waals surface area contributed by atoms with Gasteiger partial charge in [-0.25, -0.2) is 10.2 Å². The molecule has 1 amide bonds. The van der Waals surface area contributed by atoms with Gasteiger partial charge in [-0.1, -0.05) is 48.5 Å². The third-order valence-electron chi connectivity index (χ3n) is 6.19. The normalized spacial score (nSPS) is 14.4. The van der Waals surface area contributed by atoms with Crippen LogP contribution in [0.4, 0.5) is 0 Å². The maximum atomic E-state index is 12.7. The maximum absolute atomic E-state index is 12.7. The first-order valence-corrected chi connectivity index (χ1v) is 13.5. The molecule has 0 spiro atoms. The highest BCUT2D eigenvalue weighted by Gasteiger charge is 2.32. The topological polar surface area (TPSA) is 134 Å². The third-order valence-corrected chi connectivity index (χ3v) is 6.41. The molecule has 3 aromatic rings. The Morgan fingerprint density at radius 3 is 2.55 bits per heavy atom. The molecular formula is C31H29N5O5S. The Bertz CT molecular complexity index is 1580. The smallest absolute Gasteiger partial charge is 0.338 e. The molecule has 1 atom stereocenters. The largest absolute Gasteiger partial charge is 0.488 e. The van der Waals surface area contributed by atoms with E-state index >= 15 is 0 Å². The van der Waals surface area contributed by atoms with Crippen LogP contribution in [0.5, 0.6) is 11.5 Å². The van der Waals surface area contributed by atoms with Gasteiger partial charge < -0.3 is 24.8 Å². The molecule has 0 aliphatic carbocycles. The minimum atomic E-state index is -0.633. The van der Waals surface area contributed by atoms with E-state index in [0.29, 0.717) is 44.6 Å². The number of thiocarbonyl (C=S) groups is 1. The first-order valence-electron chi connectivity index (χ1n) is 13.1. The molecule has 3 aromatic carbocycles. The van der Waals surface area contributed by atoms with E-state index in [9.17, 15) is 14.9 Å². The van der Waals surface area contributed by atoms with Crippen LogP contribution in [-0.4, -0.2) is 36.4 Å². The van der Waals surface area contributed by atoms with Gasteiger partial charge >= 0.3 is 5.97 Å². The molecule has 0 fully saturated rings. The number of hydrogen-bond acceptors (Lipinski definition) is 8. The molecule has 0 radical (unpaired) electrons. The van der Waals surface area contributed by atoms with Crippen molar-refractivity contribution in [3.05, 3.63) is 106 Å². The average Bonchev–Trinajstić information content (AvgIpc) is 2.99. The zero-order valence-corrected chi connectivity index (χ0v) is 23.9. The molecule has 3 N–H and O–H groups in total. The van der Waals surface area contributed by atoms with Gasteiger partial charge in [-0.15, -0.1) is 0 Å². The van der Waals surface area contributed by atoms with Crippen molar-refractivity contribution in [2.45, 2.75) is 26.5 Å². The van der Waals surface area contributed by atoms with E-state index in [-0.39, 0.29) is 19.8 Å². The summed E-state index contributed by atoms with van der Waals surface area (Å²) in [6, 6.07) is 23.0. The first kappa shape index (κ1) is 29.8. The number of carbonyl (C=O) groups is 2. The highest BCUT2D eigenvalue weighted by Crippen LogP contribution is 2.33. The second-order valence-electron chi connectivity index (χ2n) is 9.01. The fraction of sp³-hybridized carbons (Fsp3) is 0.194. The summed E-state index contributed by atoms with van der Waals surface area (Å²) in [5, 5.41) is 19.8. The molecule has 0 saturated heterocycles. The second kappa shape index (κ2) is 14.4. The van der Waals surface area contributed by atoms with Gasteiger partial charge in [0.2, 0.25) is 0 Å². The SMILES string of the molecule is CCOC(=O)C1=C(C)NC(=S)N[C@H]1c1ccccc1OCC(=O)NN=Cc1ccccc1OCc1ccccc1C#N. The van der Waals surface area contributed by atoms with Gasteiger partial charge in [-0.05, 0) is 50.3 Å². The van der Waals surface area contributed by atoms with Gasteiger partial charge in [-0.3, -0.25) is 4.79 Å². The summed E-state index contributed by atoms with van der Waals surface area (Å²) < 4.78 is 17.0. The van der Waals surface area contributed by atoms with E-state index in [1.54, 1.807) is 62.4 Å². The Morgan fingerprint density at radius 2 is 1.76 bits per heavy atom. The molecule has 1 aliphatic heterocycles. The van der Waals surface area contributed by atoms with Crippen molar-refractivity contribution in [2.75, 3.05) is 13.2 Å². The van der Waals surface area contributed by atoms with Crippen molar-refractivity contribution in [1.82, 2.24) is 16.1 Å². The number of nitrogens with zero attached hydrogens (tertiary/aromatic N) is 2. The Labute approximate surface area is 249 Å². The fourth-order valence-electron chi connectivity index (χ4n) is 4.24. The summed E-state index contributed by atoms with van der Waals surface area (Å²) in [7, 11) is 0. The number of amides is 1.